The molecule has 1 saturated heterocycles. The first-order chi connectivity index (χ1) is 10.2. The predicted molar refractivity (Wildman–Crippen MR) is 87.2 cm³/mol. The van der Waals surface area contributed by atoms with E-state index in [9.17, 15) is 0 Å². The Balaban J connectivity index is 2.17. The minimum absolute atomic E-state index is 0.325. The van der Waals surface area contributed by atoms with Crippen LogP contribution in [-0.2, 0) is 11.2 Å². The van der Waals surface area contributed by atoms with Crippen molar-refractivity contribution in [3.8, 4) is 0 Å². The lowest BCUT2D eigenvalue weighted by Gasteiger charge is -2.29. The molecule has 1 unspecified atom stereocenters. The topological polar surface area (TPSA) is 50.3 Å². The SMILES string of the molecule is CCCc1nc(NC)c(C)c(N(C)CC2CCCCO2)n1. The molecule has 1 aromatic heterocycles. The predicted octanol–water partition coefficient (Wildman–Crippen LogP) is 2.78. The van der Waals surface area contributed by atoms with Crippen LogP contribution in [0.5, 0.6) is 0 Å². The van der Waals surface area contributed by atoms with Gasteiger partial charge in [-0.05, 0) is 32.6 Å². The number of aromatic nitrogens is 2. The van der Waals surface area contributed by atoms with Gasteiger partial charge in [0.2, 0.25) is 0 Å². The highest BCUT2D eigenvalue weighted by Crippen LogP contribution is 2.24. The number of ether oxygens (including phenoxy) is 1. The van der Waals surface area contributed by atoms with E-state index in [0.717, 1.165) is 55.4 Å². The van der Waals surface area contributed by atoms with Gasteiger partial charge in [0.1, 0.15) is 17.5 Å². The maximum absolute atomic E-state index is 5.84. The highest BCUT2D eigenvalue weighted by molar-refractivity contribution is 5.58. The normalized spacial score (nSPS) is 18.6. The van der Waals surface area contributed by atoms with Crippen molar-refractivity contribution in [2.24, 2.45) is 0 Å². The minimum Gasteiger partial charge on any atom is -0.376 e. The monoisotopic (exact) mass is 292 g/mol. The first kappa shape index (κ1) is 16.0. The molecule has 1 aromatic rings. The zero-order chi connectivity index (χ0) is 15.2. The number of rotatable bonds is 6. The van der Waals surface area contributed by atoms with Crippen molar-refractivity contribution in [2.45, 2.75) is 52.1 Å². The molecule has 0 bridgehead atoms. The van der Waals surface area contributed by atoms with Crippen LogP contribution in [-0.4, -0.2) is 43.3 Å². The van der Waals surface area contributed by atoms with Crippen LogP contribution < -0.4 is 10.2 Å². The molecule has 1 fully saturated rings. The van der Waals surface area contributed by atoms with Crippen LogP contribution >= 0.6 is 0 Å². The van der Waals surface area contributed by atoms with Gasteiger partial charge in [0, 0.05) is 39.2 Å². The van der Waals surface area contributed by atoms with Crippen molar-refractivity contribution in [2.75, 3.05) is 37.5 Å². The smallest absolute Gasteiger partial charge is 0.137 e. The van der Waals surface area contributed by atoms with Gasteiger partial charge in [-0.1, -0.05) is 6.92 Å². The van der Waals surface area contributed by atoms with Crippen molar-refractivity contribution >= 4 is 11.6 Å². The summed E-state index contributed by atoms with van der Waals surface area (Å²) in [6, 6.07) is 0. The zero-order valence-corrected chi connectivity index (χ0v) is 13.8. The number of nitrogens with one attached hydrogen (secondary N) is 1. The third-order valence-electron chi connectivity index (χ3n) is 3.99. The van der Waals surface area contributed by atoms with E-state index >= 15 is 0 Å². The summed E-state index contributed by atoms with van der Waals surface area (Å²) in [6.07, 6.45) is 5.90. The lowest BCUT2D eigenvalue weighted by Crippen LogP contribution is -2.34. The zero-order valence-electron chi connectivity index (χ0n) is 13.8. The number of hydrogen-bond donors (Lipinski definition) is 1. The number of anilines is 2. The van der Waals surface area contributed by atoms with Crippen LogP contribution in [0.3, 0.4) is 0 Å². The summed E-state index contributed by atoms with van der Waals surface area (Å²) in [5, 5.41) is 3.18. The molecule has 0 radical (unpaired) electrons. The molecule has 1 N–H and O–H groups in total. The Labute approximate surface area is 128 Å². The Hall–Kier alpha value is -1.36. The van der Waals surface area contributed by atoms with Crippen LogP contribution in [0.25, 0.3) is 0 Å². The number of likely N-dealkylation sites (N-methyl/N-ethyl adjacent to an activating group) is 1. The highest BCUT2D eigenvalue weighted by Gasteiger charge is 2.19. The Bertz CT molecular complexity index is 458. The molecule has 0 saturated carbocycles. The molecule has 0 aromatic carbocycles. The molecule has 2 heterocycles. The quantitative estimate of drug-likeness (QED) is 0.873. The van der Waals surface area contributed by atoms with E-state index in [4.69, 9.17) is 9.72 Å². The van der Waals surface area contributed by atoms with Gasteiger partial charge in [-0.2, -0.15) is 0 Å². The molecule has 1 aliphatic rings. The van der Waals surface area contributed by atoms with Crippen LogP contribution in [0.2, 0.25) is 0 Å². The van der Waals surface area contributed by atoms with Gasteiger partial charge in [0.05, 0.1) is 6.10 Å². The van der Waals surface area contributed by atoms with Crippen LogP contribution in [0.4, 0.5) is 11.6 Å². The molecule has 5 heteroatoms. The Morgan fingerprint density at radius 2 is 2.14 bits per heavy atom. The maximum Gasteiger partial charge on any atom is 0.137 e. The Morgan fingerprint density at radius 3 is 2.76 bits per heavy atom. The second kappa shape index (κ2) is 7.59. The van der Waals surface area contributed by atoms with Crippen LogP contribution in [0, 0.1) is 6.92 Å². The van der Waals surface area contributed by atoms with Crippen LogP contribution in [0.1, 0.15) is 44.0 Å². The first-order valence-electron chi connectivity index (χ1n) is 8.03. The van der Waals surface area contributed by atoms with Gasteiger partial charge < -0.3 is 15.0 Å². The number of nitrogens with zero attached hydrogens (tertiary/aromatic N) is 3. The summed E-state index contributed by atoms with van der Waals surface area (Å²) in [6.45, 7) is 6.02. The molecular weight excluding hydrogens is 264 g/mol. The molecule has 21 heavy (non-hydrogen) atoms. The average molecular weight is 292 g/mol. The third kappa shape index (κ3) is 4.06. The lowest BCUT2D eigenvalue weighted by atomic mass is 10.1. The third-order valence-corrected chi connectivity index (χ3v) is 3.99. The summed E-state index contributed by atoms with van der Waals surface area (Å²) in [7, 11) is 4.02. The molecule has 1 atom stereocenters. The van der Waals surface area contributed by atoms with Crippen molar-refractivity contribution < 1.29 is 4.74 Å². The van der Waals surface area contributed by atoms with Gasteiger partial charge in [0.15, 0.2) is 0 Å². The number of hydrogen-bond acceptors (Lipinski definition) is 5. The van der Waals surface area contributed by atoms with Gasteiger partial charge in [-0.15, -0.1) is 0 Å². The molecule has 5 nitrogen and oxygen atoms in total. The second-order valence-corrected chi connectivity index (χ2v) is 5.81. The second-order valence-electron chi connectivity index (χ2n) is 5.81. The van der Waals surface area contributed by atoms with E-state index in [1.807, 2.05) is 7.05 Å². The van der Waals surface area contributed by atoms with Crippen molar-refractivity contribution in [1.82, 2.24) is 9.97 Å². The fraction of sp³-hybridized carbons (Fsp3) is 0.750. The van der Waals surface area contributed by atoms with E-state index in [0.29, 0.717) is 6.10 Å². The van der Waals surface area contributed by atoms with Crippen molar-refractivity contribution in [1.29, 1.82) is 0 Å². The van der Waals surface area contributed by atoms with Gasteiger partial charge >= 0.3 is 0 Å². The molecule has 2 rings (SSSR count). The standard InChI is InChI=1S/C16H28N4O/c1-5-8-14-18-15(17-3)12(2)16(19-14)20(4)11-13-9-6-7-10-21-13/h13H,5-11H2,1-4H3,(H,17,18,19). The van der Waals surface area contributed by atoms with E-state index < -0.39 is 0 Å². The summed E-state index contributed by atoms with van der Waals surface area (Å²) in [5.41, 5.74) is 1.11. The van der Waals surface area contributed by atoms with E-state index in [-0.39, 0.29) is 0 Å². The Kier molecular flexibility index (Phi) is 5.79. The molecular formula is C16H28N4O. The summed E-state index contributed by atoms with van der Waals surface area (Å²) < 4.78 is 5.84. The molecule has 0 spiro atoms. The largest absolute Gasteiger partial charge is 0.376 e. The summed E-state index contributed by atoms with van der Waals surface area (Å²) in [4.78, 5) is 11.6. The van der Waals surface area contributed by atoms with Gasteiger partial charge in [0.25, 0.3) is 0 Å². The van der Waals surface area contributed by atoms with Crippen LogP contribution in [0.15, 0.2) is 0 Å². The van der Waals surface area contributed by atoms with E-state index in [1.165, 1.54) is 12.8 Å². The molecule has 0 amide bonds. The maximum atomic E-state index is 5.84. The summed E-state index contributed by atoms with van der Waals surface area (Å²) >= 11 is 0. The Morgan fingerprint density at radius 1 is 1.33 bits per heavy atom. The first-order valence-corrected chi connectivity index (χ1v) is 8.03. The lowest BCUT2D eigenvalue weighted by molar-refractivity contribution is 0.0215. The molecule has 1 aliphatic heterocycles. The van der Waals surface area contributed by atoms with Crippen molar-refractivity contribution in [3.05, 3.63) is 11.4 Å². The van der Waals surface area contributed by atoms with E-state index in [1.54, 1.807) is 0 Å². The van der Waals surface area contributed by atoms with Gasteiger partial charge in [-0.25, -0.2) is 9.97 Å². The van der Waals surface area contributed by atoms with Crippen molar-refractivity contribution in [3.63, 3.8) is 0 Å². The molecule has 0 aliphatic carbocycles. The summed E-state index contributed by atoms with van der Waals surface area (Å²) in [5.74, 6) is 2.87. The average Bonchev–Trinajstić information content (AvgIpc) is 2.50. The molecule has 118 valence electrons. The fourth-order valence-electron chi connectivity index (χ4n) is 2.84. The van der Waals surface area contributed by atoms with E-state index in [2.05, 4.69) is 36.1 Å². The number of aryl methyl sites for hydroxylation is 1. The highest BCUT2D eigenvalue weighted by atomic mass is 16.5. The van der Waals surface area contributed by atoms with Gasteiger partial charge in [-0.3, -0.25) is 0 Å². The fourth-order valence-corrected chi connectivity index (χ4v) is 2.84. The minimum atomic E-state index is 0.325.